The van der Waals surface area contributed by atoms with Crippen LogP contribution in [0.1, 0.15) is 34.7 Å². The van der Waals surface area contributed by atoms with Gasteiger partial charge in [0.05, 0.1) is 24.9 Å². The molecule has 0 saturated carbocycles. The number of hydrogen-bond acceptors (Lipinski definition) is 5. The Hall–Kier alpha value is -4.04. The van der Waals surface area contributed by atoms with Gasteiger partial charge in [-0.15, -0.1) is 0 Å². The molecule has 7 nitrogen and oxygen atoms in total. The minimum Gasteiger partial charge on any atom is -0.497 e. The highest BCUT2D eigenvalue weighted by Crippen LogP contribution is 2.44. The molecule has 2 aliphatic heterocycles. The van der Waals surface area contributed by atoms with Crippen molar-refractivity contribution in [2.24, 2.45) is 0 Å². The van der Waals surface area contributed by atoms with E-state index in [9.17, 15) is 0 Å². The van der Waals surface area contributed by atoms with Crippen molar-refractivity contribution in [2.45, 2.75) is 25.9 Å². The Balaban J connectivity index is 1.50. The van der Waals surface area contributed by atoms with Crippen LogP contribution < -0.4 is 24.4 Å². The molecule has 1 N–H and O–H groups in total. The molecule has 6 rings (SSSR count). The van der Waals surface area contributed by atoms with Crippen molar-refractivity contribution >= 4 is 23.0 Å². The molecule has 2 aliphatic rings. The SMILES string of the molecule is COc1cccc(N2C(=S)N[C@H](c3ccccn3)[C@@H]2c2cc(C)n(-c3ccc4c(c3)OCO4)c2C)c1. The van der Waals surface area contributed by atoms with Gasteiger partial charge in [0.25, 0.3) is 0 Å². The molecule has 4 aromatic rings. The largest absolute Gasteiger partial charge is 0.497 e. The van der Waals surface area contributed by atoms with E-state index in [-0.39, 0.29) is 18.9 Å². The number of aromatic nitrogens is 2. The molecule has 2 aromatic heterocycles. The van der Waals surface area contributed by atoms with E-state index in [2.05, 4.69) is 51.8 Å². The summed E-state index contributed by atoms with van der Waals surface area (Å²) in [7, 11) is 1.67. The second kappa shape index (κ2) is 8.87. The summed E-state index contributed by atoms with van der Waals surface area (Å²) in [5.74, 6) is 2.31. The van der Waals surface area contributed by atoms with Crippen molar-refractivity contribution in [2.75, 3.05) is 18.8 Å². The van der Waals surface area contributed by atoms with Crippen LogP contribution in [0.25, 0.3) is 5.69 Å². The van der Waals surface area contributed by atoms with Crippen LogP contribution in [0.5, 0.6) is 17.2 Å². The van der Waals surface area contributed by atoms with E-state index < -0.39 is 0 Å². The zero-order valence-corrected chi connectivity index (χ0v) is 21.1. The predicted molar refractivity (Wildman–Crippen MR) is 142 cm³/mol. The lowest BCUT2D eigenvalue weighted by Gasteiger charge is -2.28. The van der Waals surface area contributed by atoms with Gasteiger partial charge in [-0.2, -0.15) is 0 Å². The van der Waals surface area contributed by atoms with Crippen LogP contribution in [0.3, 0.4) is 0 Å². The molecule has 4 heterocycles. The van der Waals surface area contributed by atoms with E-state index in [4.69, 9.17) is 26.4 Å². The van der Waals surface area contributed by atoms with Crippen LogP contribution in [0.15, 0.2) is 72.9 Å². The predicted octanol–water partition coefficient (Wildman–Crippen LogP) is 5.40. The molecule has 0 radical (unpaired) electrons. The minimum atomic E-state index is -0.129. The first-order valence-corrected chi connectivity index (χ1v) is 12.2. The number of fused-ring (bicyclic) bond motifs is 1. The number of ether oxygens (including phenoxy) is 3. The number of benzene rings is 2. The Kier molecular flexibility index (Phi) is 5.53. The van der Waals surface area contributed by atoms with Gasteiger partial charge in [-0.05, 0) is 74.1 Å². The van der Waals surface area contributed by atoms with Crippen molar-refractivity contribution in [1.29, 1.82) is 0 Å². The normalized spacial score (nSPS) is 18.4. The molecule has 182 valence electrons. The summed E-state index contributed by atoms with van der Waals surface area (Å²) >= 11 is 5.90. The summed E-state index contributed by atoms with van der Waals surface area (Å²) in [6.45, 7) is 4.51. The van der Waals surface area contributed by atoms with E-state index in [1.165, 1.54) is 0 Å². The summed E-state index contributed by atoms with van der Waals surface area (Å²) < 4.78 is 18.9. The van der Waals surface area contributed by atoms with E-state index in [0.29, 0.717) is 5.11 Å². The van der Waals surface area contributed by atoms with Gasteiger partial charge in [-0.1, -0.05) is 12.1 Å². The first-order chi connectivity index (χ1) is 17.5. The van der Waals surface area contributed by atoms with E-state index in [1.54, 1.807) is 7.11 Å². The van der Waals surface area contributed by atoms with Crippen LogP contribution >= 0.6 is 12.2 Å². The van der Waals surface area contributed by atoms with Crippen LogP contribution in [-0.4, -0.2) is 28.6 Å². The summed E-state index contributed by atoms with van der Waals surface area (Å²) in [6, 6.07) is 22.0. The Bertz CT molecular complexity index is 1450. The van der Waals surface area contributed by atoms with Crippen LogP contribution in [0.2, 0.25) is 0 Å². The first kappa shape index (κ1) is 22.4. The van der Waals surface area contributed by atoms with Gasteiger partial charge in [0.1, 0.15) is 5.75 Å². The van der Waals surface area contributed by atoms with Gasteiger partial charge in [-0.3, -0.25) is 4.98 Å². The number of methoxy groups -OCH3 is 1. The maximum Gasteiger partial charge on any atom is 0.231 e. The molecular weight excluding hydrogens is 472 g/mol. The maximum atomic E-state index is 5.90. The van der Waals surface area contributed by atoms with Crippen molar-refractivity contribution in [3.05, 3.63) is 95.6 Å². The van der Waals surface area contributed by atoms with Gasteiger partial charge in [0.15, 0.2) is 16.6 Å². The summed E-state index contributed by atoms with van der Waals surface area (Å²) in [5, 5.41) is 4.19. The zero-order chi connectivity index (χ0) is 24.8. The van der Waals surface area contributed by atoms with Gasteiger partial charge in [-0.25, -0.2) is 0 Å². The summed E-state index contributed by atoms with van der Waals surface area (Å²) in [6.07, 6.45) is 1.82. The maximum absolute atomic E-state index is 5.90. The zero-order valence-electron chi connectivity index (χ0n) is 20.3. The second-order valence-corrected chi connectivity index (χ2v) is 9.28. The highest BCUT2D eigenvalue weighted by molar-refractivity contribution is 7.80. The summed E-state index contributed by atoms with van der Waals surface area (Å²) in [4.78, 5) is 6.85. The molecule has 0 amide bonds. The lowest BCUT2D eigenvalue weighted by Crippen LogP contribution is -2.29. The van der Waals surface area contributed by atoms with Crippen LogP contribution in [0.4, 0.5) is 5.69 Å². The molecule has 2 aromatic carbocycles. The molecule has 1 fully saturated rings. The average Bonchev–Trinajstić information content (AvgIpc) is 3.59. The second-order valence-electron chi connectivity index (χ2n) is 8.90. The monoisotopic (exact) mass is 498 g/mol. The van der Waals surface area contributed by atoms with Crippen molar-refractivity contribution in [1.82, 2.24) is 14.9 Å². The number of aryl methyl sites for hydroxylation is 1. The molecule has 2 atom stereocenters. The molecule has 1 saturated heterocycles. The topological polar surface area (TPSA) is 60.8 Å². The highest BCUT2D eigenvalue weighted by Gasteiger charge is 2.42. The van der Waals surface area contributed by atoms with Gasteiger partial charge in [0.2, 0.25) is 6.79 Å². The Morgan fingerprint density at radius 1 is 0.972 bits per heavy atom. The first-order valence-electron chi connectivity index (χ1n) is 11.8. The number of rotatable bonds is 5. The lowest BCUT2D eigenvalue weighted by molar-refractivity contribution is 0.174. The third-order valence-electron chi connectivity index (χ3n) is 6.83. The van der Waals surface area contributed by atoms with Gasteiger partial charge >= 0.3 is 0 Å². The Labute approximate surface area is 215 Å². The third kappa shape index (κ3) is 3.65. The average molecular weight is 499 g/mol. The van der Waals surface area contributed by atoms with Crippen molar-refractivity contribution in [3.63, 3.8) is 0 Å². The van der Waals surface area contributed by atoms with Crippen molar-refractivity contribution < 1.29 is 14.2 Å². The number of nitrogens with zero attached hydrogens (tertiary/aromatic N) is 3. The molecule has 0 spiro atoms. The fraction of sp³-hybridized carbons (Fsp3) is 0.214. The minimum absolute atomic E-state index is 0.117. The molecule has 0 aliphatic carbocycles. The van der Waals surface area contributed by atoms with Gasteiger partial charge < -0.3 is 29.0 Å². The van der Waals surface area contributed by atoms with Crippen LogP contribution in [0, 0.1) is 13.8 Å². The highest BCUT2D eigenvalue weighted by atomic mass is 32.1. The Morgan fingerprint density at radius 2 is 1.83 bits per heavy atom. The standard InChI is InChI=1S/C28H26N4O3S/c1-17-13-22(18(2)31(17)20-10-11-24-25(15-20)35-16-34-24)27-26(23-9-4-5-12-29-23)30-28(36)32(27)19-7-6-8-21(14-19)33-3/h4-15,26-27H,16H2,1-3H3,(H,30,36)/t26-,27+/m1/s1. The molecule has 8 heteroatoms. The number of anilines is 1. The lowest BCUT2D eigenvalue weighted by atomic mass is 9.96. The summed E-state index contributed by atoms with van der Waals surface area (Å²) in [5.41, 5.74) is 6.32. The number of nitrogens with one attached hydrogen (secondary N) is 1. The molecule has 0 unspecified atom stereocenters. The van der Waals surface area contributed by atoms with E-state index in [0.717, 1.165) is 51.3 Å². The van der Waals surface area contributed by atoms with E-state index >= 15 is 0 Å². The molecule has 36 heavy (non-hydrogen) atoms. The van der Waals surface area contributed by atoms with Crippen LogP contribution in [-0.2, 0) is 0 Å². The van der Waals surface area contributed by atoms with Gasteiger partial charge in [0, 0.05) is 41.1 Å². The fourth-order valence-electron chi connectivity index (χ4n) is 5.22. The number of hydrogen-bond donors (Lipinski definition) is 1. The Morgan fingerprint density at radius 3 is 2.64 bits per heavy atom. The number of pyridine rings is 1. The third-order valence-corrected chi connectivity index (χ3v) is 7.15. The smallest absolute Gasteiger partial charge is 0.231 e. The quantitative estimate of drug-likeness (QED) is 0.370. The fourth-order valence-corrected chi connectivity index (χ4v) is 5.56. The molecule has 0 bridgehead atoms. The van der Waals surface area contributed by atoms with E-state index in [1.807, 2.05) is 54.7 Å². The molecular formula is C28H26N4O3S. The number of thiocarbonyl (C=S) groups is 1. The van der Waals surface area contributed by atoms with Crippen molar-refractivity contribution in [3.8, 4) is 22.9 Å².